The Morgan fingerprint density at radius 2 is 1.87 bits per heavy atom. The predicted octanol–water partition coefficient (Wildman–Crippen LogP) is 2.68. The first-order chi connectivity index (χ1) is 7.16. The van der Waals surface area contributed by atoms with Crippen LogP contribution in [-0.2, 0) is 14.3 Å². The molecule has 0 bridgehead atoms. The number of carbonyl (C=O) groups excluding carboxylic acids is 1. The van der Waals surface area contributed by atoms with E-state index in [4.69, 9.17) is 9.47 Å². The van der Waals surface area contributed by atoms with Crippen molar-refractivity contribution < 1.29 is 14.3 Å². The van der Waals surface area contributed by atoms with Gasteiger partial charge in [0.05, 0.1) is 13.2 Å². The first kappa shape index (κ1) is 12.7. The quantitative estimate of drug-likeness (QED) is 0.611. The van der Waals surface area contributed by atoms with Gasteiger partial charge in [-0.1, -0.05) is 19.8 Å². The van der Waals surface area contributed by atoms with Gasteiger partial charge in [0.25, 0.3) is 0 Å². The lowest BCUT2D eigenvalue weighted by atomic mass is 10.0. The molecule has 0 radical (unpaired) electrons. The smallest absolute Gasteiger partial charge is 0.166 e. The van der Waals surface area contributed by atoms with Crippen LogP contribution >= 0.6 is 0 Å². The fourth-order valence-corrected chi connectivity index (χ4v) is 1.76. The Labute approximate surface area is 92.1 Å². The highest BCUT2D eigenvalue weighted by Crippen LogP contribution is 2.24. The van der Waals surface area contributed by atoms with Gasteiger partial charge in [0.2, 0.25) is 0 Å². The Hall–Kier alpha value is -0.410. The number of hydrogen-bond donors (Lipinski definition) is 0. The Morgan fingerprint density at radius 3 is 2.47 bits per heavy atom. The highest BCUT2D eigenvalue weighted by atomic mass is 16.7. The van der Waals surface area contributed by atoms with Crippen LogP contribution in [0.5, 0.6) is 0 Å². The molecule has 1 heterocycles. The summed E-state index contributed by atoms with van der Waals surface area (Å²) in [6.45, 7) is 5.37. The number of unbranched alkanes of at least 4 members (excludes halogenated alkanes) is 2. The molecule has 0 aromatic carbocycles. The minimum Gasteiger partial charge on any atom is -0.348 e. The van der Waals surface area contributed by atoms with Gasteiger partial charge in [-0.3, -0.25) is 4.79 Å². The molecule has 15 heavy (non-hydrogen) atoms. The molecule has 0 N–H and O–H groups in total. The van der Waals surface area contributed by atoms with E-state index >= 15 is 0 Å². The van der Waals surface area contributed by atoms with Crippen molar-refractivity contribution >= 4 is 5.78 Å². The van der Waals surface area contributed by atoms with E-state index in [9.17, 15) is 4.79 Å². The number of hydrogen-bond acceptors (Lipinski definition) is 3. The summed E-state index contributed by atoms with van der Waals surface area (Å²) in [4.78, 5) is 11.5. The molecule has 0 atom stereocenters. The first-order valence-corrected chi connectivity index (χ1v) is 5.96. The van der Waals surface area contributed by atoms with Gasteiger partial charge in [0.15, 0.2) is 5.79 Å². The molecule has 0 unspecified atom stereocenters. The molecule has 0 spiro atoms. The third-order valence-electron chi connectivity index (χ3n) is 2.82. The molecular formula is C12H22O3. The van der Waals surface area contributed by atoms with Crippen molar-refractivity contribution in [3.63, 3.8) is 0 Å². The van der Waals surface area contributed by atoms with E-state index in [-0.39, 0.29) is 0 Å². The predicted molar refractivity (Wildman–Crippen MR) is 58.7 cm³/mol. The largest absolute Gasteiger partial charge is 0.348 e. The molecule has 0 saturated carbocycles. The molecule has 3 nitrogen and oxygen atoms in total. The van der Waals surface area contributed by atoms with E-state index in [2.05, 4.69) is 6.92 Å². The Kier molecular flexibility index (Phi) is 5.26. The number of ether oxygens (including phenoxy) is 2. The third kappa shape index (κ3) is 4.76. The van der Waals surface area contributed by atoms with Crippen molar-refractivity contribution in [2.45, 2.75) is 58.2 Å². The van der Waals surface area contributed by atoms with Crippen LogP contribution < -0.4 is 0 Å². The topological polar surface area (TPSA) is 35.5 Å². The molecule has 1 saturated heterocycles. The summed E-state index contributed by atoms with van der Waals surface area (Å²) < 4.78 is 10.9. The molecule has 0 aliphatic carbocycles. The van der Waals surface area contributed by atoms with Gasteiger partial charge in [-0.15, -0.1) is 0 Å². The Balaban J connectivity index is 2.10. The lowest BCUT2D eigenvalue weighted by Crippen LogP contribution is -2.26. The number of carbonyl (C=O) groups is 1. The van der Waals surface area contributed by atoms with Gasteiger partial charge < -0.3 is 9.47 Å². The van der Waals surface area contributed by atoms with Gasteiger partial charge in [-0.25, -0.2) is 0 Å². The van der Waals surface area contributed by atoms with Gasteiger partial charge >= 0.3 is 0 Å². The van der Waals surface area contributed by atoms with Crippen LogP contribution in [-0.4, -0.2) is 24.8 Å². The summed E-state index contributed by atoms with van der Waals surface area (Å²) in [7, 11) is 0. The van der Waals surface area contributed by atoms with Crippen molar-refractivity contribution in [3.05, 3.63) is 0 Å². The molecular weight excluding hydrogens is 192 g/mol. The van der Waals surface area contributed by atoms with Crippen molar-refractivity contribution in [2.75, 3.05) is 13.2 Å². The van der Waals surface area contributed by atoms with Crippen LogP contribution in [0.3, 0.4) is 0 Å². The summed E-state index contributed by atoms with van der Waals surface area (Å²) in [6.07, 6.45) is 5.32. The summed E-state index contributed by atoms with van der Waals surface area (Å²) in [5.41, 5.74) is 0. The Morgan fingerprint density at radius 1 is 1.20 bits per heavy atom. The van der Waals surface area contributed by atoms with Crippen LogP contribution in [0.1, 0.15) is 52.4 Å². The molecule has 1 aliphatic heterocycles. The highest BCUT2D eigenvalue weighted by Gasteiger charge is 2.30. The number of rotatable bonds is 7. The minimum atomic E-state index is -0.500. The van der Waals surface area contributed by atoms with Crippen molar-refractivity contribution in [3.8, 4) is 0 Å². The normalized spacial score (nSPS) is 19.3. The van der Waals surface area contributed by atoms with Crippen LogP contribution in [0, 0.1) is 0 Å². The van der Waals surface area contributed by atoms with Crippen molar-refractivity contribution in [1.82, 2.24) is 0 Å². The first-order valence-electron chi connectivity index (χ1n) is 5.96. The van der Waals surface area contributed by atoms with Crippen LogP contribution in [0.2, 0.25) is 0 Å². The average Bonchev–Trinajstić information content (AvgIpc) is 2.64. The average molecular weight is 214 g/mol. The van der Waals surface area contributed by atoms with Crippen LogP contribution in [0.15, 0.2) is 0 Å². The van der Waals surface area contributed by atoms with E-state index < -0.39 is 5.79 Å². The molecule has 0 amide bonds. The number of ketones is 1. The summed E-state index contributed by atoms with van der Waals surface area (Å²) >= 11 is 0. The zero-order valence-corrected chi connectivity index (χ0v) is 9.88. The van der Waals surface area contributed by atoms with E-state index in [1.165, 1.54) is 0 Å². The molecule has 1 rings (SSSR count). The second-order valence-corrected chi connectivity index (χ2v) is 4.33. The van der Waals surface area contributed by atoms with Crippen molar-refractivity contribution in [1.29, 1.82) is 0 Å². The van der Waals surface area contributed by atoms with Gasteiger partial charge in [-0.05, 0) is 13.3 Å². The van der Waals surface area contributed by atoms with E-state index in [0.717, 1.165) is 19.3 Å². The lowest BCUT2D eigenvalue weighted by molar-refractivity contribution is -0.151. The Bertz CT molecular complexity index is 195. The molecule has 0 aromatic rings. The SMILES string of the molecule is CCCCCC(=O)CCC1(C)OCCO1. The minimum absolute atomic E-state index is 0.337. The van der Waals surface area contributed by atoms with E-state index in [1.807, 2.05) is 6.92 Å². The number of Topliss-reactive ketones (excluding diaryl/α,β-unsaturated/α-hetero) is 1. The second kappa shape index (κ2) is 6.23. The summed E-state index contributed by atoms with van der Waals surface area (Å²) in [5.74, 6) is -0.163. The maximum atomic E-state index is 11.5. The van der Waals surface area contributed by atoms with Crippen molar-refractivity contribution in [2.24, 2.45) is 0 Å². The molecule has 3 heteroatoms. The maximum absolute atomic E-state index is 11.5. The standard InChI is InChI=1S/C12H22O3/c1-3-4-5-6-11(13)7-8-12(2)14-9-10-15-12/h3-10H2,1-2H3. The fourth-order valence-electron chi connectivity index (χ4n) is 1.76. The maximum Gasteiger partial charge on any atom is 0.166 e. The lowest BCUT2D eigenvalue weighted by Gasteiger charge is -2.21. The fraction of sp³-hybridized carbons (Fsp3) is 0.917. The summed E-state index contributed by atoms with van der Waals surface area (Å²) in [5, 5.41) is 0. The molecule has 0 aromatic heterocycles. The monoisotopic (exact) mass is 214 g/mol. The second-order valence-electron chi connectivity index (χ2n) is 4.33. The highest BCUT2D eigenvalue weighted by molar-refractivity contribution is 5.78. The van der Waals surface area contributed by atoms with Crippen LogP contribution in [0.4, 0.5) is 0 Å². The molecule has 1 aliphatic rings. The molecule has 1 fully saturated rings. The van der Waals surface area contributed by atoms with E-state index in [1.54, 1.807) is 0 Å². The van der Waals surface area contributed by atoms with Crippen LogP contribution in [0.25, 0.3) is 0 Å². The summed E-state index contributed by atoms with van der Waals surface area (Å²) in [6, 6.07) is 0. The van der Waals surface area contributed by atoms with E-state index in [0.29, 0.717) is 38.3 Å². The zero-order valence-electron chi connectivity index (χ0n) is 9.88. The van der Waals surface area contributed by atoms with Gasteiger partial charge in [0.1, 0.15) is 5.78 Å². The zero-order chi connectivity index (χ0) is 11.1. The van der Waals surface area contributed by atoms with Gasteiger partial charge in [-0.2, -0.15) is 0 Å². The van der Waals surface area contributed by atoms with Gasteiger partial charge in [0, 0.05) is 19.3 Å². The third-order valence-corrected chi connectivity index (χ3v) is 2.82. The molecule has 88 valence electrons.